The van der Waals surface area contributed by atoms with Crippen molar-refractivity contribution in [1.82, 2.24) is 10.6 Å². The van der Waals surface area contributed by atoms with Gasteiger partial charge in [0.05, 0.1) is 12.4 Å². The van der Waals surface area contributed by atoms with Gasteiger partial charge in [0.15, 0.2) is 0 Å². The summed E-state index contributed by atoms with van der Waals surface area (Å²) in [6.45, 7) is 3.22. The lowest BCUT2D eigenvalue weighted by molar-refractivity contribution is -0.118. The third kappa shape index (κ3) is 6.09. The molecule has 0 fully saturated rings. The molecule has 0 heterocycles. The summed E-state index contributed by atoms with van der Waals surface area (Å²) in [6, 6.07) is 8.57. The Balaban J connectivity index is 2.42. The molecule has 0 bridgehead atoms. The van der Waals surface area contributed by atoms with E-state index in [0.717, 1.165) is 4.90 Å². The van der Waals surface area contributed by atoms with Crippen molar-refractivity contribution < 1.29 is 9.53 Å². The monoisotopic (exact) mass is 282 g/mol. The van der Waals surface area contributed by atoms with Gasteiger partial charge in [-0.2, -0.15) is 0 Å². The Labute approximate surface area is 119 Å². The minimum Gasteiger partial charge on any atom is -0.383 e. The number of hydrogen-bond donors (Lipinski definition) is 2. The molecule has 5 heteroatoms. The van der Waals surface area contributed by atoms with E-state index in [1.54, 1.807) is 18.9 Å². The van der Waals surface area contributed by atoms with Crippen LogP contribution >= 0.6 is 11.8 Å². The highest BCUT2D eigenvalue weighted by atomic mass is 32.2. The number of nitrogens with one attached hydrogen (secondary N) is 2. The molecule has 0 aliphatic carbocycles. The molecule has 0 aliphatic rings. The van der Waals surface area contributed by atoms with Gasteiger partial charge < -0.3 is 15.4 Å². The van der Waals surface area contributed by atoms with Crippen molar-refractivity contribution in [3.8, 4) is 0 Å². The van der Waals surface area contributed by atoms with Gasteiger partial charge in [0.2, 0.25) is 5.91 Å². The maximum Gasteiger partial charge on any atom is 0.230 e. The predicted octanol–water partition coefficient (Wildman–Crippen LogP) is 1.82. The van der Waals surface area contributed by atoms with Crippen molar-refractivity contribution >= 4 is 17.7 Å². The van der Waals surface area contributed by atoms with Crippen molar-refractivity contribution in [2.24, 2.45) is 0 Å². The molecule has 4 nitrogen and oxygen atoms in total. The van der Waals surface area contributed by atoms with E-state index in [9.17, 15) is 4.79 Å². The van der Waals surface area contributed by atoms with Gasteiger partial charge in [-0.1, -0.05) is 12.1 Å². The number of thioether (sulfide) groups is 1. The van der Waals surface area contributed by atoms with Gasteiger partial charge in [0.1, 0.15) is 0 Å². The molecule has 1 rings (SSSR count). The highest BCUT2D eigenvalue weighted by molar-refractivity contribution is 8.00. The molecule has 1 atom stereocenters. The summed E-state index contributed by atoms with van der Waals surface area (Å²) in [7, 11) is 3.56. The fraction of sp³-hybridized carbons (Fsp3) is 0.500. The molecule has 1 unspecified atom stereocenters. The predicted molar refractivity (Wildman–Crippen MR) is 79.5 cm³/mol. The van der Waals surface area contributed by atoms with E-state index in [1.807, 2.05) is 19.2 Å². The van der Waals surface area contributed by atoms with Crippen LogP contribution in [0.5, 0.6) is 0 Å². The summed E-state index contributed by atoms with van der Waals surface area (Å²) >= 11 is 1.55. The zero-order chi connectivity index (χ0) is 14.1. The third-order valence-corrected chi connectivity index (χ3v) is 3.78. The van der Waals surface area contributed by atoms with Crippen LogP contribution in [0.15, 0.2) is 29.2 Å². The SMILES string of the molecule is CNC(C)c1cccc(SCC(=O)NCCOC)c1. The smallest absolute Gasteiger partial charge is 0.230 e. The highest BCUT2D eigenvalue weighted by Gasteiger charge is 2.05. The largest absolute Gasteiger partial charge is 0.383 e. The van der Waals surface area contributed by atoms with Crippen molar-refractivity contribution in [2.45, 2.75) is 17.9 Å². The summed E-state index contributed by atoms with van der Waals surface area (Å²) in [4.78, 5) is 12.7. The lowest BCUT2D eigenvalue weighted by atomic mass is 10.1. The molecule has 19 heavy (non-hydrogen) atoms. The number of carbonyl (C=O) groups excluding carboxylic acids is 1. The molecule has 1 aromatic rings. The van der Waals surface area contributed by atoms with E-state index < -0.39 is 0 Å². The standard InChI is InChI=1S/C14H22N2O2S/c1-11(15-2)12-5-4-6-13(9-12)19-10-14(17)16-7-8-18-3/h4-6,9,11,15H,7-8,10H2,1-3H3,(H,16,17). The van der Waals surface area contributed by atoms with Crippen LogP contribution in [0.4, 0.5) is 0 Å². The second-order valence-electron chi connectivity index (χ2n) is 4.21. The molecule has 0 aliphatic heterocycles. The molecule has 0 aromatic heterocycles. The topological polar surface area (TPSA) is 50.4 Å². The first-order valence-corrected chi connectivity index (χ1v) is 7.31. The average Bonchev–Trinajstić information content (AvgIpc) is 2.45. The number of carbonyl (C=O) groups is 1. The molecule has 106 valence electrons. The van der Waals surface area contributed by atoms with Crippen molar-refractivity contribution in [3.05, 3.63) is 29.8 Å². The Morgan fingerprint density at radius 3 is 2.95 bits per heavy atom. The summed E-state index contributed by atoms with van der Waals surface area (Å²) in [6.07, 6.45) is 0. The van der Waals surface area contributed by atoms with Gasteiger partial charge >= 0.3 is 0 Å². The van der Waals surface area contributed by atoms with Crippen LogP contribution < -0.4 is 10.6 Å². The molecule has 0 radical (unpaired) electrons. The van der Waals surface area contributed by atoms with Crippen LogP contribution in [-0.4, -0.2) is 39.0 Å². The molecule has 1 aromatic carbocycles. The molecule has 0 saturated heterocycles. The van der Waals surface area contributed by atoms with Gasteiger partial charge in [0, 0.05) is 24.6 Å². The Hall–Kier alpha value is -1.04. The van der Waals surface area contributed by atoms with E-state index in [-0.39, 0.29) is 5.91 Å². The molecular formula is C14H22N2O2S. The zero-order valence-electron chi connectivity index (χ0n) is 11.7. The average molecular weight is 282 g/mol. The molecule has 1 amide bonds. The summed E-state index contributed by atoms with van der Waals surface area (Å²) < 4.78 is 4.88. The Morgan fingerprint density at radius 2 is 2.26 bits per heavy atom. The van der Waals surface area contributed by atoms with E-state index in [4.69, 9.17) is 4.74 Å². The van der Waals surface area contributed by atoms with E-state index in [1.165, 1.54) is 5.56 Å². The number of amides is 1. The Kier molecular flexibility index (Phi) is 7.55. The highest BCUT2D eigenvalue weighted by Crippen LogP contribution is 2.22. The zero-order valence-corrected chi connectivity index (χ0v) is 12.5. The first-order chi connectivity index (χ1) is 9.17. The molecule has 0 spiro atoms. The number of methoxy groups -OCH3 is 1. The molecule has 2 N–H and O–H groups in total. The van der Waals surface area contributed by atoms with Crippen molar-refractivity contribution in [1.29, 1.82) is 0 Å². The molecule has 0 saturated carbocycles. The second-order valence-corrected chi connectivity index (χ2v) is 5.26. The minimum absolute atomic E-state index is 0.0362. The maximum atomic E-state index is 11.6. The normalized spacial score (nSPS) is 12.2. The van der Waals surface area contributed by atoms with Gasteiger partial charge in [-0.15, -0.1) is 11.8 Å². The van der Waals surface area contributed by atoms with E-state index in [0.29, 0.717) is 24.9 Å². The van der Waals surface area contributed by atoms with Crippen LogP contribution in [-0.2, 0) is 9.53 Å². The molecular weight excluding hydrogens is 260 g/mol. The number of ether oxygens (including phenoxy) is 1. The van der Waals surface area contributed by atoms with Gasteiger partial charge in [-0.25, -0.2) is 0 Å². The van der Waals surface area contributed by atoms with Gasteiger partial charge in [0.25, 0.3) is 0 Å². The number of rotatable bonds is 8. The minimum atomic E-state index is 0.0362. The number of benzene rings is 1. The van der Waals surface area contributed by atoms with Crippen LogP contribution in [0.1, 0.15) is 18.5 Å². The third-order valence-electron chi connectivity index (χ3n) is 2.79. The summed E-state index contributed by atoms with van der Waals surface area (Å²) in [5.74, 6) is 0.468. The van der Waals surface area contributed by atoms with Gasteiger partial charge in [-0.3, -0.25) is 4.79 Å². The van der Waals surface area contributed by atoms with Gasteiger partial charge in [-0.05, 0) is 31.7 Å². The van der Waals surface area contributed by atoms with Crippen molar-refractivity contribution in [3.63, 3.8) is 0 Å². The quantitative estimate of drug-likeness (QED) is 0.564. The summed E-state index contributed by atoms with van der Waals surface area (Å²) in [5.41, 5.74) is 1.23. The second kappa shape index (κ2) is 8.96. The Bertz CT molecular complexity index is 399. The lowest BCUT2D eigenvalue weighted by Gasteiger charge is -2.11. The van der Waals surface area contributed by atoms with Crippen LogP contribution in [0.25, 0.3) is 0 Å². The van der Waals surface area contributed by atoms with E-state index in [2.05, 4.69) is 29.7 Å². The van der Waals surface area contributed by atoms with Crippen LogP contribution in [0.2, 0.25) is 0 Å². The van der Waals surface area contributed by atoms with E-state index >= 15 is 0 Å². The first kappa shape index (κ1) is 16.0. The maximum absolute atomic E-state index is 11.6. The fourth-order valence-corrected chi connectivity index (χ4v) is 2.33. The lowest BCUT2D eigenvalue weighted by Crippen LogP contribution is -2.28. The van der Waals surface area contributed by atoms with Crippen molar-refractivity contribution in [2.75, 3.05) is 33.1 Å². The number of hydrogen-bond acceptors (Lipinski definition) is 4. The van der Waals surface area contributed by atoms with Crippen LogP contribution in [0.3, 0.4) is 0 Å². The Morgan fingerprint density at radius 1 is 1.47 bits per heavy atom. The fourth-order valence-electron chi connectivity index (χ4n) is 1.53. The summed E-state index contributed by atoms with van der Waals surface area (Å²) in [5, 5.41) is 6.01. The van der Waals surface area contributed by atoms with Crippen LogP contribution in [0, 0.1) is 0 Å². The first-order valence-electron chi connectivity index (χ1n) is 6.33.